The summed E-state index contributed by atoms with van der Waals surface area (Å²) < 4.78 is 61.9. The van der Waals surface area contributed by atoms with Gasteiger partial charge in [-0.1, -0.05) is 18.5 Å². The molecule has 0 aliphatic carbocycles. The molecule has 138 valence electrons. The molecular formula is C18H14ClF4NO2. The minimum Gasteiger partial charge on any atom is -0.437 e. The number of benzene rings is 2. The van der Waals surface area contributed by atoms with Crippen LogP contribution in [0.5, 0.6) is 0 Å². The molecule has 0 saturated carbocycles. The molecular weight excluding hydrogens is 374 g/mol. The molecule has 8 heteroatoms. The molecule has 3 aromatic rings. The number of aromatic nitrogens is 1. The molecule has 0 amide bonds. The van der Waals surface area contributed by atoms with E-state index < -0.39 is 46.2 Å². The molecule has 0 fully saturated rings. The Morgan fingerprint density at radius 2 is 1.92 bits per heavy atom. The quantitative estimate of drug-likeness (QED) is 0.474. The Balaban J connectivity index is 2.14. The molecule has 0 bridgehead atoms. The number of hydrogen-bond acceptors (Lipinski definition) is 3. The fourth-order valence-electron chi connectivity index (χ4n) is 2.72. The highest BCUT2D eigenvalue weighted by molar-refractivity contribution is 6.31. The second-order valence-corrected chi connectivity index (χ2v) is 6.41. The van der Waals surface area contributed by atoms with E-state index >= 15 is 4.39 Å². The Labute approximate surface area is 151 Å². The first-order chi connectivity index (χ1) is 12.2. The maximum Gasteiger partial charge on any atom is 0.230 e. The smallest absolute Gasteiger partial charge is 0.230 e. The Morgan fingerprint density at radius 3 is 2.58 bits per heavy atom. The summed E-state index contributed by atoms with van der Waals surface area (Å²) in [5.41, 5.74) is -3.36. The molecule has 1 heterocycles. The molecule has 2 atom stereocenters. The normalized spacial score (nSPS) is 15.2. The van der Waals surface area contributed by atoms with Crippen molar-refractivity contribution in [2.45, 2.75) is 32.0 Å². The highest BCUT2D eigenvalue weighted by Crippen LogP contribution is 2.43. The van der Waals surface area contributed by atoms with E-state index in [2.05, 4.69) is 4.98 Å². The van der Waals surface area contributed by atoms with Gasteiger partial charge in [0.2, 0.25) is 5.89 Å². The lowest BCUT2D eigenvalue weighted by atomic mass is 9.88. The highest BCUT2D eigenvalue weighted by Gasteiger charge is 2.45. The first kappa shape index (κ1) is 18.7. The minimum absolute atomic E-state index is 0.241. The van der Waals surface area contributed by atoms with Gasteiger partial charge in [0.1, 0.15) is 11.3 Å². The summed E-state index contributed by atoms with van der Waals surface area (Å²) in [5.74, 6) is -4.51. The third kappa shape index (κ3) is 2.85. The summed E-state index contributed by atoms with van der Waals surface area (Å²) in [6.45, 7) is 2.41. The fraction of sp³-hybridized carbons (Fsp3) is 0.278. The largest absolute Gasteiger partial charge is 0.437 e. The zero-order valence-corrected chi connectivity index (χ0v) is 14.5. The van der Waals surface area contributed by atoms with Crippen LogP contribution in [0.4, 0.5) is 17.6 Å². The van der Waals surface area contributed by atoms with Crippen LogP contribution in [0.2, 0.25) is 5.02 Å². The van der Waals surface area contributed by atoms with Crippen LogP contribution in [0, 0.1) is 24.4 Å². The molecule has 2 unspecified atom stereocenters. The molecule has 0 aliphatic rings. The van der Waals surface area contributed by atoms with E-state index in [-0.39, 0.29) is 17.5 Å². The van der Waals surface area contributed by atoms with E-state index in [0.29, 0.717) is 11.1 Å². The number of aliphatic hydroxyl groups is 1. The summed E-state index contributed by atoms with van der Waals surface area (Å²) in [5, 5.41) is 11.2. The number of fused-ring (bicyclic) bond motifs is 1. The Bertz CT molecular complexity index is 991. The van der Waals surface area contributed by atoms with E-state index in [1.807, 2.05) is 0 Å². The Morgan fingerprint density at radius 1 is 1.23 bits per heavy atom. The molecule has 1 N–H and O–H groups in total. The highest BCUT2D eigenvalue weighted by atomic mass is 35.5. The van der Waals surface area contributed by atoms with Crippen LogP contribution in [0.3, 0.4) is 0 Å². The van der Waals surface area contributed by atoms with E-state index in [1.54, 1.807) is 0 Å². The molecule has 0 spiro atoms. The van der Waals surface area contributed by atoms with Crippen molar-refractivity contribution in [1.29, 1.82) is 0 Å². The van der Waals surface area contributed by atoms with E-state index in [1.165, 1.54) is 25.1 Å². The molecule has 3 nitrogen and oxygen atoms in total. The summed E-state index contributed by atoms with van der Waals surface area (Å²) in [6.07, 6.45) is -2.70. The maximum absolute atomic E-state index is 15.1. The van der Waals surface area contributed by atoms with Crippen molar-refractivity contribution in [1.82, 2.24) is 4.98 Å². The van der Waals surface area contributed by atoms with Gasteiger partial charge in [0.15, 0.2) is 29.0 Å². The monoisotopic (exact) mass is 387 g/mol. The predicted octanol–water partition coefficient (Wildman–Crippen LogP) is 5.52. The van der Waals surface area contributed by atoms with Gasteiger partial charge >= 0.3 is 0 Å². The lowest BCUT2D eigenvalue weighted by Crippen LogP contribution is -2.32. The molecule has 1 aromatic heterocycles. The Hall–Kier alpha value is -2.12. The number of halogens is 5. The van der Waals surface area contributed by atoms with E-state index in [9.17, 15) is 18.3 Å². The van der Waals surface area contributed by atoms with Crippen molar-refractivity contribution >= 4 is 22.7 Å². The van der Waals surface area contributed by atoms with E-state index in [4.69, 9.17) is 16.0 Å². The third-order valence-corrected chi connectivity index (χ3v) is 4.59. The summed E-state index contributed by atoms with van der Waals surface area (Å²) >= 11 is 5.86. The molecule has 0 aliphatic heterocycles. The fourth-order valence-corrected chi connectivity index (χ4v) is 2.89. The van der Waals surface area contributed by atoms with Crippen molar-refractivity contribution in [3.63, 3.8) is 0 Å². The number of oxazole rings is 1. The van der Waals surface area contributed by atoms with Gasteiger partial charge in [-0.25, -0.2) is 22.5 Å². The van der Waals surface area contributed by atoms with Crippen LogP contribution in [-0.4, -0.2) is 10.1 Å². The van der Waals surface area contributed by atoms with Gasteiger partial charge < -0.3 is 9.52 Å². The zero-order valence-electron chi connectivity index (χ0n) is 13.8. The SMILES string of the molecule is CCC(O)(c1nc2cc(Cl)ccc2o1)C(F)c1cc(F)c(F)c(C)c1F. The van der Waals surface area contributed by atoms with Crippen molar-refractivity contribution in [2.24, 2.45) is 0 Å². The van der Waals surface area contributed by atoms with Crippen molar-refractivity contribution in [2.75, 3.05) is 0 Å². The predicted molar refractivity (Wildman–Crippen MR) is 88.1 cm³/mol. The van der Waals surface area contributed by atoms with Crippen LogP contribution in [0.1, 0.15) is 36.5 Å². The molecule has 0 saturated heterocycles. The number of alkyl halides is 1. The lowest BCUT2D eigenvalue weighted by molar-refractivity contribution is -0.0667. The minimum atomic E-state index is -2.44. The molecule has 2 aromatic carbocycles. The van der Waals surface area contributed by atoms with Gasteiger partial charge in [-0.2, -0.15) is 0 Å². The van der Waals surface area contributed by atoms with Crippen molar-refractivity contribution < 1.29 is 27.1 Å². The van der Waals surface area contributed by atoms with Gasteiger partial charge in [-0.15, -0.1) is 0 Å². The first-order valence-electron chi connectivity index (χ1n) is 7.76. The lowest BCUT2D eigenvalue weighted by Gasteiger charge is -2.28. The van der Waals surface area contributed by atoms with Crippen molar-refractivity contribution in [3.05, 3.63) is 63.8 Å². The molecule has 0 radical (unpaired) electrons. The van der Waals surface area contributed by atoms with Crippen LogP contribution >= 0.6 is 11.6 Å². The zero-order chi connectivity index (χ0) is 19.2. The van der Waals surface area contributed by atoms with Crippen LogP contribution < -0.4 is 0 Å². The van der Waals surface area contributed by atoms with Crippen LogP contribution in [-0.2, 0) is 5.60 Å². The number of rotatable bonds is 4. The second kappa shape index (κ2) is 6.55. The summed E-state index contributed by atoms with van der Waals surface area (Å²) in [6, 6.07) is 4.85. The summed E-state index contributed by atoms with van der Waals surface area (Å²) in [4.78, 5) is 4.02. The van der Waals surface area contributed by atoms with Crippen LogP contribution in [0.25, 0.3) is 11.1 Å². The van der Waals surface area contributed by atoms with Gasteiger partial charge in [-0.3, -0.25) is 0 Å². The topological polar surface area (TPSA) is 46.3 Å². The van der Waals surface area contributed by atoms with Crippen molar-refractivity contribution in [3.8, 4) is 0 Å². The average Bonchev–Trinajstić information content (AvgIpc) is 3.05. The van der Waals surface area contributed by atoms with Gasteiger partial charge in [0.05, 0.1) is 0 Å². The summed E-state index contributed by atoms with van der Waals surface area (Å²) in [7, 11) is 0. The number of nitrogens with zero attached hydrogens (tertiary/aromatic N) is 1. The van der Waals surface area contributed by atoms with Crippen LogP contribution in [0.15, 0.2) is 28.7 Å². The van der Waals surface area contributed by atoms with E-state index in [0.717, 1.165) is 6.92 Å². The van der Waals surface area contributed by atoms with Gasteiger partial charge in [-0.05, 0) is 37.6 Å². The third-order valence-electron chi connectivity index (χ3n) is 4.36. The standard InChI is InChI=1S/C18H14ClF4NO2/c1-3-18(25,17-24-12-6-9(19)4-5-13(12)26-17)16(23)10-7-11(20)15(22)8(2)14(10)21/h4-7,16,25H,3H2,1-2H3. The second-order valence-electron chi connectivity index (χ2n) is 5.97. The maximum atomic E-state index is 15.1. The molecule has 26 heavy (non-hydrogen) atoms. The average molecular weight is 388 g/mol. The first-order valence-corrected chi connectivity index (χ1v) is 8.13. The van der Waals surface area contributed by atoms with Gasteiger partial charge in [0.25, 0.3) is 0 Å². The number of hydrogen-bond donors (Lipinski definition) is 1. The molecule has 3 rings (SSSR count). The van der Waals surface area contributed by atoms with Gasteiger partial charge in [0, 0.05) is 16.1 Å². The Kier molecular flexibility index (Phi) is 4.71.